The van der Waals surface area contributed by atoms with E-state index in [1.54, 1.807) is 12.1 Å². The molecule has 0 saturated heterocycles. The van der Waals surface area contributed by atoms with Crippen molar-refractivity contribution >= 4 is 11.9 Å². The molecule has 86 valence electrons. The van der Waals surface area contributed by atoms with Gasteiger partial charge >= 0.3 is 5.97 Å². The Balaban J connectivity index is 2.86. The molecule has 1 atom stereocenters. The molecule has 0 saturated carbocycles. The molecule has 5 nitrogen and oxygen atoms in total. The van der Waals surface area contributed by atoms with E-state index < -0.39 is 12.0 Å². The highest BCUT2D eigenvalue weighted by atomic mass is 16.4. The molecule has 0 bridgehead atoms. The summed E-state index contributed by atoms with van der Waals surface area (Å²) in [5.74, 6) is -1.19. The lowest BCUT2D eigenvalue weighted by molar-refractivity contribution is -0.137. The highest BCUT2D eigenvalue weighted by Crippen LogP contribution is 2.19. The molecular weight excluding hydrogens is 210 g/mol. The number of carboxylic acid groups (broad SMARTS) is 1. The van der Waals surface area contributed by atoms with Gasteiger partial charge < -0.3 is 15.5 Å². The quantitative estimate of drug-likeness (QED) is 0.711. The molecule has 0 heterocycles. The van der Waals surface area contributed by atoms with Crippen LogP contribution in [0.4, 0.5) is 0 Å². The molecular formula is C11H13NO4. The summed E-state index contributed by atoms with van der Waals surface area (Å²) in [6, 6.07) is 5.49. The minimum atomic E-state index is -0.994. The van der Waals surface area contributed by atoms with Gasteiger partial charge in [-0.25, -0.2) is 0 Å². The molecule has 0 aliphatic rings. The van der Waals surface area contributed by atoms with Crippen LogP contribution in [0.5, 0.6) is 5.75 Å². The van der Waals surface area contributed by atoms with Gasteiger partial charge in [-0.3, -0.25) is 9.59 Å². The monoisotopic (exact) mass is 223 g/mol. The second kappa shape index (κ2) is 5.16. The molecule has 0 radical (unpaired) electrons. The summed E-state index contributed by atoms with van der Waals surface area (Å²) >= 11 is 0. The van der Waals surface area contributed by atoms with Crippen LogP contribution in [0.15, 0.2) is 24.3 Å². The number of amides is 1. The standard InChI is InChI=1S/C11H13NO4/c1-7(13)12-10(6-11(15)16)8-2-4-9(14)5-3-8/h2-5,10,14H,6H2,1H3,(H,12,13)(H,15,16). The Morgan fingerprint density at radius 3 is 2.31 bits per heavy atom. The highest BCUT2D eigenvalue weighted by molar-refractivity contribution is 5.75. The van der Waals surface area contributed by atoms with Gasteiger partial charge in [-0.1, -0.05) is 12.1 Å². The summed E-state index contributed by atoms with van der Waals surface area (Å²) in [6.45, 7) is 1.33. The smallest absolute Gasteiger partial charge is 0.305 e. The van der Waals surface area contributed by atoms with E-state index in [1.165, 1.54) is 19.1 Å². The van der Waals surface area contributed by atoms with Gasteiger partial charge in [0.05, 0.1) is 12.5 Å². The number of hydrogen-bond acceptors (Lipinski definition) is 3. The molecule has 5 heteroatoms. The minimum Gasteiger partial charge on any atom is -0.508 e. The van der Waals surface area contributed by atoms with E-state index in [0.29, 0.717) is 5.56 Å². The van der Waals surface area contributed by atoms with Gasteiger partial charge in [0.25, 0.3) is 0 Å². The molecule has 1 amide bonds. The minimum absolute atomic E-state index is 0.0978. The van der Waals surface area contributed by atoms with Crippen molar-refractivity contribution in [2.45, 2.75) is 19.4 Å². The van der Waals surface area contributed by atoms with Crippen molar-refractivity contribution in [1.82, 2.24) is 5.32 Å². The molecule has 1 aromatic carbocycles. The fraction of sp³-hybridized carbons (Fsp3) is 0.273. The van der Waals surface area contributed by atoms with Crippen LogP contribution in [0.25, 0.3) is 0 Å². The Hall–Kier alpha value is -2.04. The molecule has 16 heavy (non-hydrogen) atoms. The molecule has 0 aliphatic carbocycles. The Labute approximate surface area is 92.7 Å². The van der Waals surface area contributed by atoms with E-state index >= 15 is 0 Å². The average molecular weight is 223 g/mol. The molecule has 1 rings (SSSR count). The molecule has 1 aromatic rings. The van der Waals surface area contributed by atoms with Gasteiger partial charge in [0.15, 0.2) is 0 Å². The van der Waals surface area contributed by atoms with Crippen LogP contribution >= 0.6 is 0 Å². The van der Waals surface area contributed by atoms with E-state index in [4.69, 9.17) is 10.2 Å². The Kier molecular flexibility index (Phi) is 3.88. The van der Waals surface area contributed by atoms with Crippen molar-refractivity contribution in [3.05, 3.63) is 29.8 Å². The molecule has 1 unspecified atom stereocenters. The number of phenols is 1. The van der Waals surface area contributed by atoms with E-state index in [9.17, 15) is 9.59 Å². The van der Waals surface area contributed by atoms with Crippen LogP contribution in [0.1, 0.15) is 24.9 Å². The zero-order valence-corrected chi connectivity index (χ0v) is 8.80. The maximum atomic E-state index is 10.9. The van der Waals surface area contributed by atoms with Gasteiger partial charge in [-0.15, -0.1) is 0 Å². The van der Waals surface area contributed by atoms with Crippen molar-refractivity contribution in [3.8, 4) is 5.75 Å². The summed E-state index contributed by atoms with van der Waals surface area (Å²) in [6.07, 6.45) is -0.190. The predicted octanol–water partition coefficient (Wildman–Crippen LogP) is 1.04. The number of carbonyl (C=O) groups excluding carboxylic acids is 1. The normalized spacial score (nSPS) is 11.8. The van der Waals surface area contributed by atoms with Gasteiger partial charge in [0, 0.05) is 6.92 Å². The van der Waals surface area contributed by atoms with Crippen LogP contribution in [-0.4, -0.2) is 22.1 Å². The number of carbonyl (C=O) groups is 2. The number of aliphatic carboxylic acids is 1. The Bertz CT molecular complexity index is 369. The van der Waals surface area contributed by atoms with Crippen LogP contribution in [-0.2, 0) is 9.59 Å². The molecule has 3 N–H and O–H groups in total. The molecule has 0 aliphatic heterocycles. The van der Waals surface area contributed by atoms with Gasteiger partial charge in [-0.2, -0.15) is 0 Å². The lowest BCUT2D eigenvalue weighted by Gasteiger charge is -2.16. The lowest BCUT2D eigenvalue weighted by atomic mass is 10.0. The number of phenolic OH excluding ortho intramolecular Hbond substituents is 1. The van der Waals surface area contributed by atoms with Crippen molar-refractivity contribution < 1.29 is 19.8 Å². The van der Waals surface area contributed by atoms with E-state index in [2.05, 4.69) is 5.32 Å². The first-order chi connectivity index (χ1) is 7.49. The van der Waals surface area contributed by atoms with Crippen LogP contribution in [0.2, 0.25) is 0 Å². The highest BCUT2D eigenvalue weighted by Gasteiger charge is 2.16. The second-order valence-corrected chi connectivity index (χ2v) is 3.44. The number of nitrogens with one attached hydrogen (secondary N) is 1. The summed E-state index contributed by atoms with van der Waals surface area (Å²) in [5, 5.41) is 20.4. The van der Waals surface area contributed by atoms with Crippen molar-refractivity contribution in [1.29, 1.82) is 0 Å². The first kappa shape index (κ1) is 12.0. The topological polar surface area (TPSA) is 86.6 Å². The Morgan fingerprint density at radius 1 is 1.31 bits per heavy atom. The maximum absolute atomic E-state index is 10.9. The van der Waals surface area contributed by atoms with Crippen molar-refractivity contribution in [2.24, 2.45) is 0 Å². The second-order valence-electron chi connectivity index (χ2n) is 3.44. The third-order valence-electron chi connectivity index (χ3n) is 2.05. The van der Waals surface area contributed by atoms with Gasteiger partial charge in [-0.05, 0) is 17.7 Å². The number of hydrogen-bond donors (Lipinski definition) is 3. The first-order valence-electron chi connectivity index (χ1n) is 4.77. The van der Waals surface area contributed by atoms with Crippen molar-refractivity contribution in [2.75, 3.05) is 0 Å². The SMILES string of the molecule is CC(=O)NC(CC(=O)O)c1ccc(O)cc1. The maximum Gasteiger partial charge on any atom is 0.305 e. The molecule has 0 spiro atoms. The summed E-state index contributed by atoms with van der Waals surface area (Å²) in [4.78, 5) is 21.6. The van der Waals surface area contributed by atoms with E-state index in [0.717, 1.165) is 0 Å². The van der Waals surface area contributed by atoms with Crippen molar-refractivity contribution in [3.63, 3.8) is 0 Å². The lowest BCUT2D eigenvalue weighted by Crippen LogP contribution is -2.27. The predicted molar refractivity (Wildman–Crippen MR) is 56.9 cm³/mol. The number of aromatic hydroxyl groups is 1. The average Bonchev–Trinajstić information content (AvgIpc) is 2.16. The zero-order valence-electron chi connectivity index (χ0n) is 8.80. The molecule has 0 fully saturated rings. The van der Waals surface area contributed by atoms with Crippen LogP contribution in [0, 0.1) is 0 Å². The first-order valence-corrected chi connectivity index (χ1v) is 4.77. The third kappa shape index (κ3) is 3.61. The zero-order chi connectivity index (χ0) is 12.1. The summed E-state index contributed by atoms with van der Waals surface area (Å²) < 4.78 is 0. The van der Waals surface area contributed by atoms with Crippen LogP contribution < -0.4 is 5.32 Å². The van der Waals surface area contributed by atoms with Crippen LogP contribution in [0.3, 0.4) is 0 Å². The fourth-order valence-corrected chi connectivity index (χ4v) is 1.38. The summed E-state index contributed by atoms with van der Waals surface area (Å²) in [5.41, 5.74) is 0.649. The number of benzene rings is 1. The van der Waals surface area contributed by atoms with E-state index in [1.807, 2.05) is 0 Å². The molecule has 0 aromatic heterocycles. The van der Waals surface area contributed by atoms with Gasteiger partial charge in [0.1, 0.15) is 5.75 Å². The third-order valence-corrected chi connectivity index (χ3v) is 2.05. The summed E-state index contributed by atoms with van der Waals surface area (Å²) in [7, 11) is 0. The largest absolute Gasteiger partial charge is 0.508 e. The Morgan fingerprint density at radius 2 is 1.88 bits per heavy atom. The fourth-order valence-electron chi connectivity index (χ4n) is 1.38. The van der Waals surface area contributed by atoms with Gasteiger partial charge in [0.2, 0.25) is 5.91 Å². The number of carboxylic acids is 1. The number of rotatable bonds is 4. The van der Waals surface area contributed by atoms with E-state index in [-0.39, 0.29) is 18.1 Å².